The second-order valence-electron chi connectivity index (χ2n) is 9.97. The van der Waals surface area contributed by atoms with Crippen molar-refractivity contribution in [1.82, 2.24) is 0 Å². The average molecular weight is 364 g/mol. The van der Waals surface area contributed by atoms with Gasteiger partial charge in [0, 0.05) is 17.3 Å². The number of aliphatic hydroxyl groups is 4. The Morgan fingerprint density at radius 3 is 2.50 bits per heavy atom. The van der Waals surface area contributed by atoms with Crippen molar-refractivity contribution in [2.24, 2.45) is 34.0 Å². The first-order valence-corrected chi connectivity index (χ1v) is 9.71. The summed E-state index contributed by atoms with van der Waals surface area (Å²) in [5.41, 5.74) is -2.49. The fraction of sp³-hybridized carbons (Fsp3) is 0.850. The lowest BCUT2D eigenvalue weighted by atomic mass is 9.35. The lowest BCUT2D eigenvalue weighted by Crippen LogP contribution is -2.85. The molecule has 6 nitrogen and oxygen atoms in total. The number of aliphatic hydroxyl groups excluding tert-OH is 3. The molecule has 9 atom stereocenters. The predicted molar refractivity (Wildman–Crippen MR) is 90.7 cm³/mol. The zero-order valence-corrected chi connectivity index (χ0v) is 15.3. The van der Waals surface area contributed by atoms with Crippen LogP contribution < -0.4 is 0 Å². The largest absolute Gasteiger partial charge is 0.392 e. The molecule has 0 unspecified atom stereocenters. The summed E-state index contributed by atoms with van der Waals surface area (Å²) in [5.74, 6) is -3.80. The third-order valence-corrected chi connectivity index (χ3v) is 8.88. The van der Waals surface area contributed by atoms with Crippen molar-refractivity contribution < 1.29 is 30.0 Å². The van der Waals surface area contributed by atoms with E-state index in [1.54, 1.807) is 0 Å². The molecule has 0 aromatic heterocycles. The third-order valence-electron chi connectivity index (χ3n) is 8.88. The molecular formula is C20H28O6. The van der Waals surface area contributed by atoms with E-state index >= 15 is 0 Å². The summed E-state index contributed by atoms with van der Waals surface area (Å²) in [6.07, 6.45) is -0.747. The van der Waals surface area contributed by atoms with Crippen molar-refractivity contribution in [3.63, 3.8) is 0 Å². The number of ether oxygens (including phenoxy) is 1. The molecule has 6 rings (SSSR count). The van der Waals surface area contributed by atoms with E-state index in [9.17, 15) is 25.2 Å². The van der Waals surface area contributed by atoms with Crippen LogP contribution in [0.25, 0.3) is 0 Å². The van der Waals surface area contributed by atoms with Crippen LogP contribution >= 0.6 is 0 Å². The monoisotopic (exact) mass is 364 g/mol. The zero-order chi connectivity index (χ0) is 18.9. The van der Waals surface area contributed by atoms with Gasteiger partial charge in [-0.05, 0) is 42.6 Å². The first-order valence-electron chi connectivity index (χ1n) is 9.71. The minimum atomic E-state index is -2.15. The molecule has 2 aliphatic heterocycles. The van der Waals surface area contributed by atoms with Crippen LogP contribution in [0.1, 0.15) is 39.5 Å². The molecule has 0 radical (unpaired) electrons. The first kappa shape index (κ1) is 17.3. The van der Waals surface area contributed by atoms with Gasteiger partial charge in [0.25, 0.3) is 0 Å². The fourth-order valence-electron chi connectivity index (χ4n) is 7.90. The molecule has 4 aliphatic carbocycles. The van der Waals surface area contributed by atoms with Gasteiger partial charge >= 0.3 is 0 Å². The summed E-state index contributed by atoms with van der Waals surface area (Å²) in [7, 11) is 0. The molecule has 6 aliphatic rings. The second-order valence-corrected chi connectivity index (χ2v) is 9.97. The number of ketones is 1. The van der Waals surface area contributed by atoms with Gasteiger partial charge in [-0.2, -0.15) is 0 Å². The van der Waals surface area contributed by atoms with Gasteiger partial charge in [0.2, 0.25) is 5.79 Å². The summed E-state index contributed by atoms with van der Waals surface area (Å²) in [6, 6.07) is 0. The number of carbonyl (C=O) groups excluding carboxylic acids is 1. The van der Waals surface area contributed by atoms with Crippen LogP contribution in [0.5, 0.6) is 0 Å². The summed E-state index contributed by atoms with van der Waals surface area (Å²) in [4.78, 5) is 13.3. The maximum atomic E-state index is 13.3. The van der Waals surface area contributed by atoms with Crippen LogP contribution in [0, 0.1) is 34.0 Å². The van der Waals surface area contributed by atoms with E-state index in [-0.39, 0.29) is 12.0 Å². The van der Waals surface area contributed by atoms with E-state index < -0.39 is 58.5 Å². The van der Waals surface area contributed by atoms with Crippen LogP contribution in [0.4, 0.5) is 0 Å². The Kier molecular flexibility index (Phi) is 3.07. The second kappa shape index (κ2) is 4.61. The van der Waals surface area contributed by atoms with Gasteiger partial charge in [0.15, 0.2) is 5.78 Å². The standard InChI is InChI=1S/C20H28O6/c1-9-10-4-5-11-18-8-26-20(25,19(11,14(9)22)15(10)23)16(24)13(18)17(2,3)7-6-12(18)21/h10-13,15-16,21,23-25H,1,4-8H2,2-3H3/t10-,11+,12-,13-,15+,16+,18+,19+,20-/m0/s1. The van der Waals surface area contributed by atoms with E-state index in [4.69, 9.17) is 4.74 Å². The number of fused-ring (bicyclic) bond motifs is 2. The molecule has 0 aromatic rings. The van der Waals surface area contributed by atoms with Crippen LogP contribution in [0.2, 0.25) is 0 Å². The summed E-state index contributed by atoms with van der Waals surface area (Å²) >= 11 is 0. The van der Waals surface area contributed by atoms with Crippen molar-refractivity contribution >= 4 is 5.78 Å². The van der Waals surface area contributed by atoms with E-state index in [0.717, 1.165) is 6.42 Å². The van der Waals surface area contributed by atoms with Crippen molar-refractivity contribution in [2.75, 3.05) is 6.61 Å². The van der Waals surface area contributed by atoms with E-state index in [0.29, 0.717) is 24.8 Å². The Bertz CT molecular complexity index is 717. The van der Waals surface area contributed by atoms with Crippen molar-refractivity contribution in [3.8, 4) is 0 Å². The molecule has 6 heteroatoms. The van der Waals surface area contributed by atoms with Gasteiger partial charge in [0.05, 0.1) is 18.8 Å². The average Bonchev–Trinajstić information content (AvgIpc) is 2.69. The van der Waals surface area contributed by atoms with E-state index in [2.05, 4.69) is 6.58 Å². The molecule has 4 saturated carbocycles. The fourth-order valence-corrected chi connectivity index (χ4v) is 7.90. The van der Waals surface area contributed by atoms with Gasteiger partial charge < -0.3 is 25.2 Å². The highest BCUT2D eigenvalue weighted by Gasteiger charge is 2.86. The first-order chi connectivity index (χ1) is 12.1. The van der Waals surface area contributed by atoms with Gasteiger partial charge in [-0.15, -0.1) is 0 Å². The highest BCUT2D eigenvalue weighted by Crippen LogP contribution is 2.76. The number of hydrogen-bond acceptors (Lipinski definition) is 6. The zero-order valence-electron chi connectivity index (χ0n) is 15.3. The maximum Gasteiger partial charge on any atom is 0.208 e. The highest BCUT2D eigenvalue weighted by molar-refractivity contribution is 6.05. The van der Waals surface area contributed by atoms with Gasteiger partial charge in [-0.25, -0.2) is 0 Å². The van der Waals surface area contributed by atoms with Crippen molar-refractivity contribution in [2.45, 2.75) is 63.6 Å². The van der Waals surface area contributed by atoms with Crippen molar-refractivity contribution in [3.05, 3.63) is 12.2 Å². The van der Waals surface area contributed by atoms with Gasteiger partial charge in [-0.3, -0.25) is 4.79 Å². The van der Waals surface area contributed by atoms with Crippen LogP contribution in [0.15, 0.2) is 12.2 Å². The van der Waals surface area contributed by atoms with Crippen LogP contribution in [-0.2, 0) is 9.53 Å². The lowest BCUT2D eigenvalue weighted by Gasteiger charge is -2.74. The van der Waals surface area contributed by atoms with Gasteiger partial charge in [0.1, 0.15) is 11.5 Å². The minimum absolute atomic E-state index is 0.0966. The third kappa shape index (κ3) is 1.41. The molecule has 6 fully saturated rings. The molecule has 2 spiro atoms. The van der Waals surface area contributed by atoms with E-state index in [1.807, 2.05) is 13.8 Å². The number of carbonyl (C=O) groups is 1. The van der Waals surface area contributed by atoms with E-state index in [1.165, 1.54) is 0 Å². The maximum absolute atomic E-state index is 13.3. The lowest BCUT2D eigenvalue weighted by molar-refractivity contribution is -0.458. The molecular weight excluding hydrogens is 336 g/mol. The minimum Gasteiger partial charge on any atom is -0.392 e. The summed E-state index contributed by atoms with van der Waals surface area (Å²) in [5, 5.41) is 45.1. The summed E-state index contributed by atoms with van der Waals surface area (Å²) in [6.45, 7) is 8.07. The predicted octanol–water partition coefficient (Wildman–Crippen LogP) is 0.376. The molecule has 4 N–H and O–H groups in total. The highest BCUT2D eigenvalue weighted by atomic mass is 16.6. The molecule has 4 bridgehead atoms. The quantitative estimate of drug-likeness (QED) is 0.463. The summed E-state index contributed by atoms with van der Waals surface area (Å²) < 4.78 is 5.80. The number of rotatable bonds is 0. The topological polar surface area (TPSA) is 107 Å². The Hall–Kier alpha value is -0.790. The Morgan fingerprint density at radius 1 is 1.12 bits per heavy atom. The Labute approximate surface area is 152 Å². The van der Waals surface area contributed by atoms with Crippen LogP contribution in [-0.4, -0.2) is 56.9 Å². The Balaban J connectivity index is 1.81. The number of hydrogen-bond donors (Lipinski definition) is 4. The molecule has 144 valence electrons. The normalized spacial score (nSPS) is 59.9. The van der Waals surface area contributed by atoms with Gasteiger partial charge in [-0.1, -0.05) is 20.4 Å². The SMILES string of the molecule is C=C1C(=O)[C@@]23[C@H](O)[C@H]1CC[C@@H]2[C@@]12CO[C@@]3(O)[C@H](O)[C@H]1C(C)(C)CC[C@@H]2O. The molecule has 2 heterocycles. The molecule has 0 amide bonds. The van der Waals surface area contributed by atoms with Crippen LogP contribution in [0.3, 0.4) is 0 Å². The molecule has 0 aromatic carbocycles. The number of Topliss-reactive ketones (excluding diaryl/α,β-unsaturated/α-hetero) is 1. The van der Waals surface area contributed by atoms with Crippen molar-refractivity contribution in [1.29, 1.82) is 0 Å². The smallest absolute Gasteiger partial charge is 0.208 e. The molecule has 26 heavy (non-hydrogen) atoms. The Morgan fingerprint density at radius 2 is 1.81 bits per heavy atom. The molecule has 2 saturated heterocycles.